The molecule has 5 aromatic carbocycles. The third kappa shape index (κ3) is 8.46. The first-order valence-electron chi connectivity index (χ1n) is 16.7. The molecule has 6 nitrogen and oxygen atoms in total. The maximum atomic E-state index is 9.93. The van der Waals surface area contributed by atoms with Crippen molar-refractivity contribution in [1.29, 1.82) is 0 Å². The van der Waals surface area contributed by atoms with E-state index in [4.69, 9.17) is 9.47 Å². The van der Waals surface area contributed by atoms with Crippen LogP contribution in [0.3, 0.4) is 0 Å². The van der Waals surface area contributed by atoms with Gasteiger partial charge in [0.05, 0.1) is 13.2 Å². The number of aromatic hydroxyl groups is 4. The smallest absolute Gasteiger partial charge is 0.169 e. The quantitative estimate of drug-likeness (QED) is 0.0468. The Balaban J connectivity index is 1.64. The SMILES string of the molecule is CCCCCCOc1c(OCCCCCC)c2ccc(C#Cc3ccc(O)c(O)c3)cc2c2cc(C#Cc3ccc(O)c(O)c3)ccc12. The predicted molar refractivity (Wildman–Crippen MR) is 192 cm³/mol. The summed E-state index contributed by atoms with van der Waals surface area (Å²) in [5, 5.41) is 43.0. The topological polar surface area (TPSA) is 99.4 Å². The molecule has 0 saturated heterocycles. The van der Waals surface area contributed by atoms with Gasteiger partial charge in [0, 0.05) is 33.0 Å². The molecular formula is C42H42O6. The van der Waals surface area contributed by atoms with E-state index in [0.29, 0.717) is 24.3 Å². The van der Waals surface area contributed by atoms with E-state index < -0.39 is 0 Å². The number of fused-ring (bicyclic) bond motifs is 3. The minimum absolute atomic E-state index is 0.190. The van der Waals surface area contributed by atoms with Crippen molar-refractivity contribution >= 4 is 21.5 Å². The van der Waals surface area contributed by atoms with Crippen molar-refractivity contribution in [3.8, 4) is 58.2 Å². The van der Waals surface area contributed by atoms with Crippen molar-refractivity contribution in [2.24, 2.45) is 0 Å². The van der Waals surface area contributed by atoms with Crippen LogP contribution >= 0.6 is 0 Å². The molecule has 6 heteroatoms. The van der Waals surface area contributed by atoms with Crippen molar-refractivity contribution in [3.63, 3.8) is 0 Å². The number of hydrogen-bond acceptors (Lipinski definition) is 6. The zero-order chi connectivity index (χ0) is 33.9. The number of phenols is 4. The molecule has 0 atom stereocenters. The number of unbranched alkanes of at least 4 members (excludes halogenated alkanes) is 6. The highest BCUT2D eigenvalue weighted by Gasteiger charge is 2.18. The summed E-state index contributed by atoms with van der Waals surface area (Å²) in [5.41, 5.74) is 2.70. The maximum absolute atomic E-state index is 9.93. The van der Waals surface area contributed by atoms with E-state index in [1.165, 1.54) is 24.3 Å². The van der Waals surface area contributed by atoms with E-state index in [2.05, 4.69) is 37.5 Å². The predicted octanol–water partition coefficient (Wildman–Crippen LogP) is 9.53. The standard InChI is InChI=1S/C42H42O6/c1-3-5-7-9-23-47-41-33-19-15-29(11-13-31-17-21-37(43)39(45)27-31)25-35(33)36-26-30(12-14-32-18-22-38(44)40(46)28-32)16-20-34(36)42(41)48-24-10-8-6-4-2/h15-22,25-28,43-46H,3-10,23-24H2,1-2H3. The number of phenolic OH excluding ortho intramolecular Hbond substituents is 4. The number of rotatable bonds is 12. The van der Waals surface area contributed by atoms with Gasteiger partial charge < -0.3 is 29.9 Å². The van der Waals surface area contributed by atoms with Crippen LogP contribution < -0.4 is 9.47 Å². The molecule has 0 radical (unpaired) electrons. The second-order valence-corrected chi connectivity index (χ2v) is 11.9. The zero-order valence-electron chi connectivity index (χ0n) is 27.6. The van der Waals surface area contributed by atoms with Gasteiger partial charge in [-0.1, -0.05) is 76.1 Å². The van der Waals surface area contributed by atoms with Gasteiger partial charge in [-0.2, -0.15) is 0 Å². The lowest BCUT2D eigenvalue weighted by Gasteiger charge is -2.19. The van der Waals surface area contributed by atoms with E-state index in [1.54, 1.807) is 12.1 Å². The van der Waals surface area contributed by atoms with Crippen LogP contribution in [-0.4, -0.2) is 33.6 Å². The molecule has 5 rings (SSSR count). The van der Waals surface area contributed by atoms with Crippen LogP contribution in [0.25, 0.3) is 21.5 Å². The lowest BCUT2D eigenvalue weighted by Crippen LogP contribution is -2.04. The van der Waals surface area contributed by atoms with E-state index in [0.717, 1.165) is 95.5 Å². The van der Waals surface area contributed by atoms with Crippen LogP contribution in [0.2, 0.25) is 0 Å². The Hall–Kier alpha value is -5.46. The summed E-state index contributed by atoms with van der Waals surface area (Å²) in [7, 11) is 0. The van der Waals surface area contributed by atoms with Crippen LogP contribution in [0, 0.1) is 23.7 Å². The average Bonchev–Trinajstić information content (AvgIpc) is 3.09. The molecule has 48 heavy (non-hydrogen) atoms. The molecule has 0 fully saturated rings. The van der Waals surface area contributed by atoms with Gasteiger partial charge in [0.2, 0.25) is 0 Å². The fourth-order valence-corrected chi connectivity index (χ4v) is 5.51. The van der Waals surface area contributed by atoms with Gasteiger partial charge in [-0.15, -0.1) is 0 Å². The molecule has 0 aliphatic rings. The minimum atomic E-state index is -0.217. The Labute approximate surface area is 282 Å². The zero-order valence-corrected chi connectivity index (χ0v) is 27.6. The molecule has 0 heterocycles. The van der Waals surface area contributed by atoms with E-state index in [-0.39, 0.29) is 23.0 Å². The first kappa shape index (κ1) is 33.9. The Kier molecular flexibility index (Phi) is 11.6. The molecule has 0 aliphatic carbocycles. The van der Waals surface area contributed by atoms with Crippen molar-refractivity contribution in [3.05, 3.63) is 95.1 Å². The highest BCUT2D eigenvalue weighted by molar-refractivity contribution is 6.14. The van der Waals surface area contributed by atoms with Crippen LogP contribution in [0.15, 0.2) is 72.8 Å². The number of ether oxygens (including phenoxy) is 2. The Morgan fingerprint density at radius 3 is 1.17 bits per heavy atom. The summed E-state index contributed by atoms with van der Waals surface area (Å²) >= 11 is 0. The molecule has 4 N–H and O–H groups in total. The summed E-state index contributed by atoms with van der Waals surface area (Å²) in [5.74, 6) is 13.2. The monoisotopic (exact) mass is 642 g/mol. The molecule has 0 aliphatic heterocycles. The normalized spacial score (nSPS) is 10.7. The van der Waals surface area contributed by atoms with Gasteiger partial charge >= 0.3 is 0 Å². The second-order valence-electron chi connectivity index (χ2n) is 11.9. The third-order valence-corrected chi connectivity index (χ3v) is 8.17. The average molecular weight is 643 g/mol. The molecule has 0 bridgehead atoms. The Morgan fingerprint density at radius 2 is 0.792 bits per heavy atom. The molecule has 5 aromatic rings. The highest BCUT2D eigenvalue weighted by Crippen LogP contribution is 2.44. The molecule has 0 amide bonds. The molecule has 246 valence electrons. The second kappa shape index (κ2) is 16.4. The van der Waals surface area contributed by atoms with Crippen LogP contribution in [0.1, 0.15) is 87.5 Å². The number of hydrogen-bond donors (Lipinski definition) is 4. The minimum Gasteiger partial charge on any atom is -0.504 e. The van der Waals surface area contributed by atoms with Gasteiger partial charge in [-0.05, 0) is 96.4 Å². The van der Waals surface area contributed by atoms with Crippen LogP contribution in [0.5, 0.6) is 34.5 Å². The number of benzene rings is 5. The lowest BCUT2D eigenvalue weighted by atomic mass is 9.96. The summed E-state index contributed by atoms with van der Waals surface area (Å²) in [4.78, 5) is 0. The van der Waals surface area contributed by atoms with Gasteiger partial charge in [-0.3, -0.25) is 0 Å². The van der Waals surface area contributed by atoms with Gasteiger partial charge in [0.15, 0.2) is 34.5 Å². The molecule has 0 aromatic heterocycles. The largest absolute Gasteiger partial charge is 0.504 e. The molecule has 0 spiro atoms. The van der Waals surface area contributed by atoms with E-state index in [1.807, 2.05) is 36.4 Å². The van der Waals surface area contributed by atoms with Crippen molar-refractivity contribution < 1.29 is 29.9 Å². The third-order valence-electron chi connectivity index (χ3n) is 8.17. The molecule has 0 unspecified atom stereocenters. The van der Waals surface area contributed by atoms with Crippen molar-refractivity contribution in [2.45, 2.75) is 65.2 Å². The molecular weight excluding hydrogens is 600 g/mol. The van der Waals surface area contributed by atoms with Crippen LogP contribution in [-0.2, 0) is 0 Å². The first-order chi connectivity index (χ1) is 23.4. The van der Waals surface area contributed by atoms with Crippen molar-refractivity contribution in [2.75, 3.05) is 13.2 Å². The first-order valence-corrected chi connectivity index (χ1v) is 16.7. The highest BCUT2D eigenvalue weighted by atomic mass is 16.5. The summed E-state index contributed by atoms with van der Waals surface area (Å²) in [6.07, 6.45) is 8.73. The fraction of sp³-hybridized carbons (Fsp3) is 0.286. The van der Waals surface area contributed by atoms with Crippen molar-refractivity contribution in [1.82, 2.24) is 0 Å². The Bertz CT molecular complexity index is 1880. The summed E-state index contributed by atoms with van der Waals surface area (Å²) < 4.78 is 13.1. The fourth-order valence-electron chi connectivity index (χ4n) is 5.51. The molecule has 0 saturated carbocycles. The van der Waals surface area contributed by atoms with E-state index >= 15 is 0 Å². The summed E-state index contributed by atoms with van der Waals surface area (Å²) in [6.45, 7) is 5.56. The van der Waals surface area contributed by atoms with Gasteiger partial charge in [0.1, 0.15) is 0 Å². The van der Waals surface area contributed by atoms with E-state index in [9.17, 15) is 20.4 Å². The maximum Gasteiger partial charge on any atom is 0.169 e. The van der Waals surface area contributed by atoms with Gasteiger partial charge in [0.25, 0.3) is 0 Å². The Morgan fingerprint density at radius 1 is 0.417 bits per heavy atom. The van der Waals surface area contributed by atoms with Crippen LogP contribution in [0.4, 0.5) is 0 Å². The lowest BCUT2D eigenvalue weighted by molar-refractivity contribution is 0.264. The van der Waals surface area contributed by atoms with Gasteiger partial charge in [-0.25, -0.2) is 0 Å². The summed E-state index contributed by atoms with van der Waals surface area (Å²) in [6, 6.07) is 21.1.